The van der Waals surface area contributed by atoms with Gasteiger partial charge in [0.1, 0.15) is 11.3 Å². The molecule has 21 heavy (non-hydrogen) atoms. The van der Waals surface area contributed by atoms with Crippen LogP contribution in [0.5, 0.6) is 0 Å². The summed E-state index contributed by atoms with van der Waals surface area (Å²) in [5.41, 5.74) is 0.385. The highest BCUT2D eigenvalue weighted by molar-refractivity contribution is 6.03. The summed E-state index contributed by atoms with van der Waals surface area (Å²) in [7, 11) is 1.66. The predicted molar refractivity (Wildman–Crippen MR) is 70.8 cm³/mol. The Morgan fingerprint density at radius 3 is 2.67 bits per heavy atom. The van der Waals surface area contributed by atoms with Gasteiger partial charge in [-0.2, -0.15) is 5.10 Å². The number of aromatic nitrogens is 3. The molecule has 0 radical (unpaired) electrons. The molecule has 0 aliphatic rings. The lowest BCUT2D eigenvalue weighted by atomic mass is 10.1. The summed E-state index contributed by atoms with van der Waals surface area (Å²) < 4.78 is 28.7. The molecule has 0 atom stereocenters. The maximum Gasteiger partial charge on any atom is 0.336 e. The molecule has 0 aliphatic heterocycles. The molecular weight excluding hydrogens is 280 g/mol. The van der Waals surface area contributed by atoms with Crippen LogP contribution in [0.25, 0.3) is 22.3 Å². The van der Waals surface area contributed by atoms with Crippen molar-refractivity contribution in [3.05, 3.63) is 47.7 Å². The molecule has 0 aliphatic carbocycles. The largest absolute Gasteiger partial charge is 0.478 e. The fourth-order valence-electron chi connectivity index (χ4n) is 2.19. The topological polar surface area (TPSA) is 68.0 Å². The monoisotopic (exact) mass is 289 g/mol. The lowest BCUT2D eigenvalue weighted by Gasteiger charge is -2.08. The second kappa shape index (κ2) is 4.62. The smallest absolute Gasteiger partial charge is 0.336 e. The van der Waals surface area contributed by atoms with Crippen LogP contribution in [0.2, 0.25) is 0 Å². The summed E-state index contributed by atoms with van der Waals surface area (Å²) in [6, 6.07) is 4.54. The summed E-state index contributed by atoms with van der Waals surface area (Å²) in [5.74, 6) is -3.04. The number of nitrogens with zero attached hydrogens (tertiary/aromatic N) is 3. The Morgan fingerprint density at radius 2 is 2.05 bits per heavy atom. The van der Waals surface area contributed by atoms with E-state index in [4.69, 9.17) is 0 Å². The maximum atomic E-state index is 13.9. The number of hydrogen-bond acceptors (Lipinski definition) is 3. The Balaban J connectivity index is 2.40. The molecule has 5 nitrogen and oxygen atoms in total. The van der Waals surface area contributed by atoms with Crippen molar-refractivity contribution >= 4 is 16.9 Å². The quantitative estimate of drug-likeness (QED) is 0.787. The van der Waals surface area contributed by atoms with Crippen LogP contribution in [0.1, 0.15) is 10.4 Å². The van der Waals surface area contributed by atoms with Crippen molar-refractivity contribution in [2.24, 2.45) is 7.05 Å². The normalized spacial score (nSPS) is 11.0. The van der Waals surface area contributed by atoms with E-state index in [1.807, 2.05) is 0 Å². The molecule has 0 spiro atoms. The average molecular weight is 289 g/mol. The van der Waals surface area contributed by atoms with E-state index in [9.17, 15) is 18.7 Å². The number of hydrogen-bond donors (Lipinski definition) is 1. The van der Waals surface area contributed by atoms with E-state index >= 15 is 0 Å². The molecule has 0 unspecified atom stereocenters. The van der Waals surface area contributed by atoms with E-state index in [-0.39, 0.29) is 22.2 Å². The maximum absolute atomic E-state index is 13.9. The first kappa shape index (κ1) is 13.2. The van der Waals surface area contributed by atoms with Crippen molar-refractivity contribution in [2.75, 3.05) is 0 Å². The second-order valence-corrected chi connectivity index (χ2v) is 4.48. The van der Waals surface area contributed by atoms with Crippen LogP contribution in [0.4, 0.5) is 8.78 Å². The molecule has 2 heterocycles. The third kappa shape index (κ3) is 2.12. The Hall–Kier alpha value is -2.83. The van der Waals surface area contributed by atoms with Crippen molar-refractivity contribution in [1.29, 1.82) is 0 Å². The first-order valence-electron chi connectivity index (χ1n) is 5.99. The number of fused-ring (bicyclic) bond motifs is 1. The van der Waals surface area contributed by atoms with E-state index in [2.05, 4.69) is 10.1 Å². The van der Waals surface area contributed by atoms with Crippen LogP contribution < -0.4 is 0 Å². The van der Waals surface area contributed by atoms with Gasteiger partial charge in [0.25, 0.3) is 0 Å². The van der Waals surface area contributed by atoms with Crippen LogP contribution in [-0.2, 0) is 7.05 Å². The number of pyridine rings is 1. The number of rotatable bonds is 2. The number of halogens is 2. The van der Waals surface area contributed by atoms with Gasteiger partial charge in [-0.3, -0.25) is 4.68 Å². The Bertz CT molecular complexity index is 874. The fourth-order valence-corrected chi connectivity index (χ4v) is 2.19. The summed E-state index contributed by atoms with van der Waals surface area (Å²) >= 11 is 0. The van der Waals surface area contributed by atoms with E-state index in [1.165, 1.54) is 16.9 Å². The number of carboxylic acid groups (broad SMARTS) is 1. The third-order valence-corrected chi connectivity index (χ3v) is 3.15. The third-order valence-electron chi connectivity index (χ3n) is 3.15. The van der Waals surface area contributed by atoms with Crippen LogP contribution in [0, 0.1) is 11.6 Å². The minimum absolute atomic E-state index is 0.0779. The Labute approximate surface area is 117 Å². The molecule has 7 heteroatoms. The summed E-state index contributed by atoms with van der Waals surface area (Å²) in [6.07, 6.45) is 1.52. The lowest BCUT2D eigenvalue weighted by molar-refractivity contribution is 0.0699. The number of benzene rings is 1. The molecule has 2 aromatic heterocycles. The molecule has 0 saturated carbocycles. The second-order valence-electron chi connectivity index (χ2n) is 4.48. The van der Waals surface area contributed by atoms with Gasteiger partial charge in [0, 0.05) is 24.7 Å². The van der Waals surface area contributed by atoms with Gasteiger partial charge < -0.3 is 5.11 Å². The van der Waals surface area contributed by atoms with Gasteiger partial charge in [-0.25, -0.2) is 18.6 Å². The zero-order chi connectivity index (χ0) is 15.1. The van der Waals surface area contributed by atoms with Crippen molar-refractivity contribution < 1.29 is 18.7 Å². The number of carboxylic acids is 1. The zero-order valence-electron chi connectivity index (χ0n) is 10.8. The summed E-state index contributed by atoms with van der Waals surface area (Å²) in [6.45, 7) is 0. The molecule has 0 saturated heterocycles. The number of aromatic carboxylic acids is 1. The van der Waals surface area contributed by atoms with Crippen molar-refractivity contribution in [2.45, 2.75) is 0 Å². The van der Waals surface area contributed by atoms with Crippen molar-refractivity contribution in [1.82, 2.24) is 14.8 Å². The van der Waals surface area contributed by atoms with Crippen molar-refractivity contribution in [3.63, 3.8) is 0 Å². The Kier molecular flexibility index (Phi) is 2.90. The number of aryl methyl sites for hydroxylation is 1. The standard InChI is InChI=1S/C14H9F2N3O2/c1-19-12(2-3-17-19)11-6-9(14(20)21)8-4-7(15)5-10(16)13(8)18-11/h2-6H,1H3,(H,20,21). The van der Waals surface area contributed by atoms with Gasteiger partial charge in [-0.05, 0) is 18.2 Å². The van der Waals surface area contributed by atoms with Gasteiger partial charge in [0.2, 0.25) is 0 Å². The first-order chi connectivity index (χ1) is 9.97. The highest BCUT2D eigenvalue weighted by atomic mass is 19.1. The van der Waals surface area contributed by atoms with E-state index in [0.29, 0.717) is 11.8 Å². The lowest BCUT2D eigenvalue weighted by Crippen LogP contribution is -2.03. The molecule has 0 fully saturated rings. The van der Waals surface area contributed by atoms with E-state index < -0.39 is 17.6 Å². The molecule has 1 aromatic carbocycles. The molecule has 0 amide bonds. The molecule has 3 aromatic rings. The molecule has 3 rings (SSSR count). The van der Waals surface area contributed by atoms with E-state index in [0.717, 1.165) is 6.07 Å². The van der Waals surface area contributed by atoms with Crippen LogP contribution in [0.15, 0.2) is 30.5 Å². The summed E-state index contributed by atoms with van der Waals surface area (Å²) in [4.78, 5) is 15.4. The van der Waals surface area contributed by atoms with Crippen LogP contribution >= 0.6 is 0 Å². The van der Waals surface area contributed by atoms with Gasteiger partial charge >= 0.3 is 5.97 Å². The highest BCUT2D eigenvalue weighted by Crippen LogP contribution is 2.27. The van der Waals surface area contributed by atoms with Crippen molar-refractivity contribution in [3.8, 4) is 11.4 Å². The zero-order valence-corrected chi connectivity index (χ0v) is 10.8. The minimum Gasteiger partial charge on any atom is -0.478 e. The summed E-state index contributed by atoms with van der Waals surface area (Å²) in [5, 5.41) is 13.1. The molecule has 106 valence electrons. The van der Waals surface area contributed by atoms with Crippen LogP contribution in [0.3, 0.4) is 0 Å². The van der Waals surface area contributed by atoms with Gasteiger partial charge in [-0.1, -0.05) is 0 Å². The molecular formula is C14H9F2N3O2. The average Bonchev–Trinajstić information content (AvgIpc) is 2.84. The molecule has 1 N–H and O–H groups in total. The first-order valence-corrected chi connectivity index (χ1v) is 5.99. The highest BCUT2D eigenvalue weighted by Gasteiger charge is 2.17. The van der Waals surface area contributed by atoms with Gasteiger partial charge in [0.15, 0.2) is 5.82 Å². The molecule has 0 bridgehead atoms. The fraction of sp³-hybridized carbons (Fsp3) is 0.0714. The van der Waals surface area contributed by atoms with E-state index in [1.54, 1.807) is 13.1 Å². The Morgan fingerprint density at radius 1 is 1.29 bits per heavy atom. The SMILES string of the molecule is Cn1nccc1-c1cc(C(=O)O)c2cc(F)cc(F)c2n1. The van der Waals surface area contributed by atoms with Gasteiger partial charge in [0.05, 0.1) is 17.0 Å². The van der Waals surface area contributed by atoms with Gasteiger partial charge in [-0.15, -0.1) is 0 Å². The minimum atomic E-state index is -1.28. The predicted octanol–water partition coefficient (Wildman–Crippen LogP) is 2.61. The number of carbonyl (C=O) groups is 1. The van der Waals surface area contributed by atoms with Crippen LogP contribution in [-0.4, -0.2) is 25.8 Å².